The Hall–Kier alpha value is -0.590. The van der Waals surface area contributed by atoms with E-state index in [0.717, 1.165) is 0 Å². The summed E-state index contributed by atoms with van der Waals surface area (Å²) in [7, 11) is 0. The summed E-state index contributed by atoms with van der Waals surface area (Å²) < 4.78 is 4.48. The molecule has 0 saturated carbocycles. The maximum Gasteiger partial charge on any atom is 0.301 e. The van der Waals surface area contributed by atoms with Crippen molar-refractivity contribution in [2.45, 2.75) is 0 Å². The van der Waals surface area contributed by atoms with Gasteiger partial charge in [-0.15, -0.1) is 0 Å². The lowest BCUT2D eigenvalue weighted by Crippen LogP contribution is -1.99. The number of nitrogens with zero attached hydrogens (tertiary/aromatic N) is 1. The molecule has 5 heteroatoms. The van der Waals surface area contributed by atoms with Crippen molar-refractivity contribution in [3.8, 4) is 0 Å². The molecule has 1 amide bonds. The number of oxazole rings is 1. The van der Waals surface area contributed by atoms with Crippen LogP contribution in [-0.2, 0) is 0 Å². The van der Waals surface area contributed by atoms with Crippen molar-refractivity contribution in [2.24, 2.45) is 0 Å². The molecule has 9 heavy (non-hydrogen) atoms. The molecule has 0 aliphatic heterocycles. The third kappa shape index (κ3) is 2.00. The van der Waals surface area contributed by atoms with Crippen LogP contribution in [0.1, 0.15) is 0 Å². The van der Waals surface area contributed by atoms with Gasteiger partial charge < -0.3 is 4.42 Å². The van der Waals surface area contributed by atoms with Crippen LogP contribution in [0.25, 0.3) is 0 Å². The molecule has 1 aromatic heterocycles. The summed E-state index contributed by atoms with van der Waals surface area (Å²) in [5, 5.41) is 2.35. The first-order chi connectivity index (χ1) is 4.29. The first kappa shape index (κ1) is 6.53. The molecule has 1 heterocycles. The van der Waals surface area contributed by atoms with Crippen LogP contribution < -0.4 is 5.32 Å². The molecule has 0 aromatic carbocycles. The van der Waals surface area contributed by atoms with E-state index in [0.29, 0.717) is 0 Å². The predicted octanol–water partition coefficient (Wildman–Crippen LogP) is 1.64. The molecule has 0 aliphatic carbocycles. The van der Waals surface area contributed by atoms with Gasteiger partial charge in [-0.25, -0.2) is 4.98 Å². The number of halogens is 1. The van der Waals surface area contributed by atoms with Crippen LogP contribution in [0.5, 0.6) is 0 Å². The lowest BCUT2D eigenvalue weighted by Gasteiger charge is -1.88. The highest BCUT2D eigenvalue weighted by Crippen LogP contribution is 2.02. The number of rotatable bonds is 1. The largest absolute Gasteiger partial charge is 0.432 e. The minimum Gasteiger partial charge on any atom is -0.432 e. The first-order valence-corrected chi connectivity index (χ1v) is 3.23. The highest BCUT2D eigenvalue weighted by Gasteiger charge is 1.97. The molecule has 0 spiro atoms. The van der Waals surface area contributed by atoms with Gasteiger partial charge in [0.05, 0.1) is 6.20 Å². The monoisotopic (exact) mass is 238 g/mol. The van der Waals surface area contributed by atoms with Gasteiger partial charge in [0.15, 0.2) is 0 Å². The summed E-state index contributed by atoms with van der Waals surface area (Å²) in [5.41, 5.74) is 0. The van der Waals surface area contributed by atoms with E-state index in [9.17, 15) is 4.79 Å². The summed E-state index contributed by atoms with van der Waals surface area (Å²) in [5.74, 6) is 0. The van der Waals surface area contributed by atoms with Gasteiger partial charge in [-0.2, -0.15) is 0 Å². The summed E-state index contributed by atoms with van der Waals surface area (Å²) in [6.45, 7) is 0. The fourth-order valence-corrected chi connectivity index (χ4v) is 0.600. The van der Waals surface area contributed by atoms with Crippen LogP contribution in [0.3, 0.4) is 0 Å². The van der Waals surface area contributed by atoms with Crippen LogP contribution in [0.2, 0.25) is 0 Å². The second kappa shape index (κ2) is 2.81. The average molecular weight is 238 g/mol. The number of nitrogens with one attached hydrogen (secondary N) is 1. The summed E-state index contributed by atoms with van der Waals surface area (Å²) in [4.78, 5) is 13.9. The van der Waals surface area contributed by atoms with Gasteiger partial charge in [-0.3, -0.25) is 10.1 Å². The second-order valence-electron chi connectivity index (χ2n) is 1.24. The zero-order valence-electron chi connectivity index (χ0n) is 4.30. The van der Waals surface area contributed by atoms with Gasteiger partial charge in [0.1, 0.15) is 6.26 Å². The molecule has 48 valence electrons. The van der Waals surface area contributed by atoms with Crippen molar-refractivity contribution in [3.63, 3.8) is 0 Å². The van der Waals surface area contributed by atoms with E-state index in [-0.39, 0.29) is 9.93 Å². The summed E-state index contributed by atoms with van der Waals surface area (Å²) in [6, 6.07) is 0.231. The van der Waals surface area contributed by atoms with Gasteiger partial charge in [-0.05, 0) is 0 Å². The minimum atomic E-state index is -0.213. The Labute approximate surface area is 64.8 Å². The van der Waals surface area contributed by atoms with Crippen LogP contribution in [0, 0.1) is 0 Å². The van der Waals surface area contributed by atoms with Crippen molar-refractivity contribution in [1.29, 1.82) is 0 Å². The van der Waals surface area contributed by atoms with Crippen molar-refractivity contribution >= 4 is 32.5 Å². The quantitative estimate of drug-likeness (QED) is 0.459. The molecule has 0 fully saturated rings. The Bertz CT molecular complexity index is 196. The Morgan fingerprint density at radius 2 is 2.67 bits per heavy atom. The predicted molar refractivity (Wildman–Crippen MR) is 39.5 cm³/mol. The number of anilines is 1. The lowest BCUT2D eigenvalue weighted by atomic mass is 11.0. The number of carbonyl (C=O) groups is 1. The molecular formula is C4H3IN2O2. The number of carbonyl (C=O) groups excluding carboxylic acids is 1. The lowest BCUT2D eigenvalue weighted by molar-refractivity contribution is 0.271. The molecule has 1 rings (SSSR count). The van der Waals surface area contributed by atoms with Crippen molar-refractivity contribution < 1.29 is 9.21 Å². The van der Waals surface area contributed by atoms with Crippen LogP contribution in [0.15, 0.2) is 16.9 Å². The second-order valence-corrected chi connectivity index (χ2v) is 2.22. The van der Waals surface area contributed by atoms with E-state index >= 15 is 0 Å². The van der Waals surface area contributed by atoms with E-state index in [4.69, 9.17) is 4.42 Å². The summed E-state index contributed by atoms with van der Waals surface area (Å²) in [6.07, 6.45) is 2.85. The maximum atomic E-state index is 10.3. The summed E-state index contributed by atoms with van der Waals surface area (Å²) >= 11 is 1.59. The third-order valence-corrected chi connectivity index (χ3v) is 0.907. The van der Waals surface area contributed by atoms with Crippen molar-refractivity contribution in [3.05, 3.63) is 12.5 Å². The topological polar surface area (TPSA) is 55.1 Å². The number of amides is 1. The van der Waals surface area contributed by atoms with Crippen LogP contribution >= 0.6 is 22.6 Å². The molecule has 1 N–H and O–H groups in total. The molecule has 1 aromatic rings. The smallest absolute Gasteiger partial charge is 0.301 e. The van der Waals surface area contributed by atoms with E-state index in [2.05, 4.69) is 10.3 Å². The molecule has 0 atom stereocenters. The SMILES string of the molecule is O=C(I)Nc1ncco1. The molecule has 0 aliphatic rings. The van der Waals surface area contributed by atoms with Gasteiger partial charge in [0, 0.05) is 22.6 Å². The van der Waals surface area contributed by atoms with Crippen molar-refractivity contribution in [2.75, 3.05) is 5.32 Å². The maximum absolute atomic E-state index is 10.3. The molecule has 0 bridgehead atoms. The molecule has 0 unspecified atom stereocenters. The number of aromatic nitrogens is 1. The fraction of sp³-hybridized carbons (Fsp3) is 0. The standard InChI is InChI=1S/C4H3IN2O2/c5-3(8)7-4-6-1-2-9-4/h1-2H,(H,6,7,8). The Kier molecular flexibility index (Phi) is 2.04. The third-order valence-electron chi connectivity index (χ3n) is 0.638. The minimum absolute atomic E-state index is 0.213. The zero-order chi connectivity index (χ0) is 6.69. The van der Waals surface area contributed by atoms with Gasteiger partial charge in [0.25, 0.3) is 3.91 Å². The van der Waals surface area contributed by atoms with Gasteiger partial charge in [-0.1, -0.05) is 0 Å². The van der Waals surface area contributed by atoms with Crippen molar-refractivity contribution in [1.82, 2.24) is 4.98 Å². The zero-order valence-corrected chi connectivity index (χ0v) is 6.45. The highest BCUT2D eigenvalue weighted by molar-refractivity contribution is 14.1. The van der Waals surface area contributed by atoms with Gasteiger partial charge >= 0.3 is 6.01 Å². The number of hydrogen-bond acceptors (Lipinski definition) is 3. The average Bonchev–Trinajstić information content (AvgIpc) is 2.15. The fourth-order valence-electron chi connectivity index (χ4n) is 0.369. The Balaban J connectivity index is 2.58. The highest BCUT2D eigenvalue weighted by atomic mass is 127. The Morgan fingerprint density at radius 3 is 3.11 bits per heavy atom. The molecule has 0 radical (unpaired) electrons. The van der Waals surface area contributed by atoms with E-state index in [1.807, 2.05) is 0 Å². The van der Waals surface area contributed by atoms with Crippen LogP contribution in [-0.4, -0.2) is 8.90 Å². The van der Waals surface area contributed by atoms with Crippen LogP contribution in [0.4, 0.5) is 10.8 Å². The molecular weight excluding hydrogens is 235 g/mol. The van der Waals surface area contributed by atoms with E-state index in [1.54, 1.807) is 22.6 Å². The van der Waals surface area contributed by atoms with E-state index in [1.165, 1.54) is 12.5 Å². The van der Waals surface area contributed by atoms with Gasteiger partial charge in [0.2, 0.25) is 0 Å². The first-order valence-electron chi connectivity index (χ1n) is 2.15. The molecule has 0 saturated heterocycles. The van der Waals surface area contributed by atoms with E-state index < -0.39 is 0 Å². The Morgan fingerprint density at radius 1 is 1.89 bits per heavy atom. The normalized spacial score (nSPS) is 9.00. The number of hydrogen-bond donors (Lipinski definition) is 1. The molecule has 4 nitrogen and oxygen atoms in total.